The molecule has 0 aliphatic carbocycles. The second-order valence-electron chi connectivity index (χ2n) is 4.74. The highest BCUT2D eigenvalue weighted by atomic mass is 19.1. The van der Waals surface area contributed by atoms with Crippen molar-refractivity contribution in [3.8, 4) is 0 Å². The van der Waals surface area contributed by atoms with Gasteiger partial charge in [-0.2, -0.15) is 5.10 Å². The summed E-state index contributed by atoms with van der Waals surface area (Å²) in [6.45, 7) is 5.37. The first-order chi connectivity index (χ1) is 9.60. The summed E-state index contributed by atoms with van der Waals surface area (Å²) < 4.78 is 15.9. The normalized spacial score (nSPS) is 10.8. The molecule has 1 heterocycles. The summed E-state index contributed by atoms with van der Waals surface area (Å²) in [5, 5.41) is 7.62. The Hall–Kier alpha value is -1.88. The van der Waals surface area contributed by atoms with Gasteiger partial charge in [-0.25, -0.2) is 4.39 Å². The molecular weight excluding hydrogens is 255 g/mol. The molecule has 0 saturated heterocycles. The third-order valence-corrected chi connectivity index (χ3v) is 3.38. The lowest BCUT2D eigenvalue weighted by atomic mass is 10.2. The van der Waals surface area contributed by atoms with Crippen LogP contribution in [0.5, 0.6) is 0 Å². The summed E-state index contributed by atoms with van der Waals surface area (Å²) in [7, 11) is 3.79. The Balaban J connectivity index is 2.55. The predicted molar refractivity (Wildman–Crippen MR) is 79.8 cm³/mol. The summed E-state index contributed by atoms with van der Waals surface area (Å²) in [4.78, 5) is 1.96. The van der Waals surface area contributed by atoms with E-state index in [9.17, 15) is 4.39 Å². The van der Waals surface area contributed by atoms with Crippen LogP contribution >= 0.6 is 0 Å². The number of rotatable bonds is 5. The lowest BCUT2D eigenvalue weighted by Gasteiger charge is -2.25. The van der Waals surface area contributed by atoms with Crippen molar-refractivity contribution in [1.82, 2.24) is 15.1 Å². The van der Waals surface area contributed by atoms with E-state index >= 15 is 0 Å². The van der Waals surface area contributed by atoms with E-state index in [1.165, 1.54) is 6.07 Å². The molecule has 2 aromatic rings. The Kier molecular flexibility index (Phi) is 4.39. The second-order valence-corrected chi connectivity index (χ2v) is 4.74. The van der Waals surface area contributed by atoms with E-state index < -0.39 is 0 Å². The largest absolute Gasteiger partial charge is 0.324 e. The number of anilines is 2. The molecule has 1 N–H and O–H groups in total. The van der Waals surface area contributed by atoms with Crippen molar-refractivity contribution < 1.29 is 4.39 Å². The first-order valence-electron chi connectivity index (χ1n) is 6.79. The molecule has 0 radical (unpaired) electrons. The molecule has 1 aromatic heterocycles. The summed E-state index contributed by atoms with van der Waals surface area (Å²) in [6.07, 6.45) is 0. The highest BCUT2D eigenvalue weighted by Crippen LogP contribution is 2.31. The molecule has 20 heavy (non-hydrogen) atoms. The van der Waals surface area contributed by atoms with Gasteiger partial charge in [-0.1, -0.05) is 12.1 Å². The van der Waals surface area contributed by atoms with Gasteiger partial charge in [0, 0.05) is 25.7 Å². The van der Waals surface area contributed by atoms with Gasteiger partial charge in [0.1, 0.15) is 11.6 Å². The van der Waals surface area contributed by atoms with E-state index in [2.05, 4.69) is 10.4 Å². The van der Waals surface area contributed by atoms with Crippen molar-refractivity contribution in [2.45, 2.75) is 20.4 Å². The van der Waals surface area contributed by atoms with Gasteiger partial charge in [0.15, 0.2) is 0 Å². The minimum atomic E-state index is -0.219. The maximum absolute atomic E-state index is 14.1. The Morgan fingerprint density at radius 2 is 2.05 bits per heavy atom. The van der Waals surface area contributed by atoms with Crippen molar-refractivity contribution in [3.63, 3.8) is 0 Å². The number of nitrogens with one attached hydrogen (secondary N) is 1. The molecule has 0 aliphatic heterocycles. The van der Waals surface area contributed by atoms with Gasteiger partial charge in [0.05, 0.1) is 11.4 Å². The zero-order valence-electron chi connectivity index (χ0n) is 12.4. The highest BCUT2D eigenvalue weighted by Gasteiger charge is 2.21. The highest BCUT2D eigenvalue weighted by molar-refractivity contribution is 5.64. The monoisotopic (exact) mass is 276 g/mol. The van der Waals surface area contributed by atoms with Crippen LogP contribution in [0.2, 0.25) is 0 Å². The van der Waals surface area contributed by atoms with E-state index in [1.807, 2.05) is 43.6 Å². The smallest absolute Gasteiger partial charge is 0.146 e. The van der Waals surface area contributed by atoms with E-state index in [0.717, 1.165) is 17.1 Å². The number of nitrogens with zero attached hydrogens (tertiary/aromatic N) is 3. The fraction of sp³-hybridized carbons (Fsp3) is 0.400. The van der Waals surface area contributed by atoms with E-state index in [0.29, 0.717) is 18.8 Å². The maximum atomic E-state index is 14.1. The Morgan fingerprint density at radius 1 is 1.35 bits per heavy atom. The van der Waals surface area contributed by atoms with Gasteiger partial charge in [-0.05, 0) is 33.0 Å². The zero-order valence-corrected chi connectivity index (χ0v) is 12.4. The quantitative estimate of drug-likeness (QED) is 0.911. The van der Waals surface area contributed by atoms with Crippen molar-refractivity contribution in [2.24, 2.45) is 7.05 Å². The number of para-hydroxylation sites is 1. The molecule has 2 rings (SSSR count). The minimum Gasteiger partial charge on any atom is -0.324 e. The van der Waals surface area contributed by atoms with Gasteiger partial charge in [0.25, 0.3) is 0 Å². The third kappa shape index (κ3) is 2.54. The van der Waals surface area contributed by atoms with Crippen LogP contribution in [0.1, 0.15) is 18.2 Å². The molecule has 4 nitrogen and oxygen atoms in total. The van der Waals surface area contributed by atoms with Crippen molar-refractivity contribution >= 4 is 11.5 Å². The lowest BCUT2D eigenvalue weighted by molar-refractivity contribution is 0.623. The third-order valence-electron chi connectivity index (χ3n) is 3.38. The molecule has 0 unspecified atom stereocenters. The minimum absolute atomic E-state index is 0.219. The number of benzene rings is 1. The Bertz CT molecular complexity index is 592. The van der Waals surface area contributed by atoms with E-state index in [-0.39, 0.29) is 5.82 Å². The van der Waals surface area contributed by atoms with Crippen LogP contribution < -0.4 is 10.2 Å². The standard InChI is InChI=1S/C15H21FN4/c1-5-20(14-9-7-6-8-13(14)16)15-12(10-17-3)11(2)18-19(15)4/h6-9,17H,5,10H2,1-4H3. The average Bonchev–Trinajstić information content (AvgIpc) is 2.69. The van der Waals surface area contributed by atoms with Gasteiger partial charge in [0.2, 0.25) is 0 Å². The Morgan fingerprint density at radius 3 is 2.65 bits per heavy atom. The predicted octanol–water partition coefficient (Wildman–Crippen LogP) is 2.75. The fourth-order valence-corrected chi connectivity index (χ4v) is 2.52. The number of halogens is 1. The molecule has 0 amide bonds. The topological polar surface area (TPSA) is 33.1 Å². The van der Waals surface area contributed by atoms with Gasteiger partial charge >= 0.3 is 0 Å². The molecule has 0 atom stereocenters. The molecule has 5 heteroatoms. The van der Waals surface area contributed by atoms with Crippen LogP contribution in [0, 0.1) is 12.7 Å². The number of aryl methyl sites for hydroxylation is 2. The van der Waals surface area contributed by atoms with Crippen LogP contribution in [-0.2, 0) is 13.6 Å². The molecule has 0 bridgehead atoms. The van der Waals surface area contributed by atoms with Crippen LogP contribution in [0.25, 0.3) is 0 Å². The summed E-state index contributed by atoms with van der Waals surface area (Å²) >= 11 is 0. The van der Waals surface area contributed by atoms with Crippen LogP contribution in [0.15, 0.2) is 24.3 Å². The number of aromatic nitrogens is 2. The van der Waals surface area contributed by atoms with Crippen LogP contribution in [-0.4, -0.2) is 23.4 Å². The summed E-state index contributed by atoms with van der Waals surface area (Å²) in [5.74, 6) is 0.716. The van der Waals surface area contributed by atoms with E-state index in [1.54, 1.807) is 12.1 Å². The average molecular weight is 276 g/mol. The molecular formula is C15H21FN4. The fourth-order valence-electron chi connectivity index (χ4n) is 2.52. The second kappa shape index (κ2) is 6.05. The molecule has 0 fully saturated rings. The first kappa shape index (κ1) is 14.5. The SMILES string of the molecule is CCN(c1ccccc1F)c1c(CNC)c(C)nn1C. The van der Waals surface area contributed by atoms with E-state index in [4.69, 9.17) is 0 Å². The summed E-state index contributed by atoms with van der Waals surface area (Å²) in [6, 6.07) is 6.83. The number of hydrogen-bond donors (Lipinski definition) is 1. The molecule has 0 saturated carbocycles. The molecule has 1 aromatic carbocycles. The molecule has 0 spiro atoms. The van der Waals surface area contributed by atoms with Gasteiger partial charge in [-0.15, -0.1) is 0 Å². The van der Waals surface area contributed by atoms with Gasteiger partial charge < -0.3 is 10.2 Å². The van der Waals surface area contributed by atoms with Crippen LogP contribution in [0.3, 0.4) is 0 Å². The van der Waals surface area contributed by atoms with Gasteiger partial charge in [-0.3, -0.25) is 4.68 Å². The Labute approximate surface area is 119 Å². The van der Waals surface area contributed by atoms with Crippen LogP contribution in [0.4, 0.5) is 15.9 Å². The van der Waals surface area contributed by atoms with Crippen molar-refractivity contribution in [2.75, 3.05) is 18.5 Å². The first-order valence-corrected chi connectivity index (χ1v) is 6.79. The lowest BCUT2D eigenvalue weighted by Crippen LogP contribution is -2.22. The van der Waals surface area contributed by atoms with Crippen molar-refractivity contribution in [3.05, 3.63) is 41.3 Å². The maximum Gasteiger partial charge on any atom is 0.146 e. The van der Waals surface area contributed by atoms with Crippen molar-refractivity contribution in [1.29, 1.82) is 0 Å². The molecule has 0 aliphatic rings. The number of hydrogen-bond acceptors (Lipinski definition) is 3. The zero-order chi connectivity index (χ0) is 14.7. The molecule has 108 valence electrons. The summed E-state index contributed by atoms with van der Waals surface area (Å²) in [5.41, 5.74) is 2.64.